The van der Waals surface area contributed by atoms with Gasteiger partial charge in [0.2, 0.25) is 0 Å². The average molecular weight is 274 g/mol. The van der Waals surface area contributed by atoms with Crippen LogP contribution >= 0.6 is 0 Å². The summed E-state index contributed by atoms with van der Waals surface area (Å²) in [6, 6.07) is 11.4. The minimum Gasteiger partial charge on any atom is -0.497 e. The summed E-state index contributed by atoms with van der Waals surface area (Å²) in [4.78, 5) is 12.1. The number of halogens is 1. The molecule has 0 fully saturated rings. The summed E-state index contributed by atoms with van der Waals surface area (Å²) in [5.41, 5.74) is 0.846. The Labute approximate surface area is 117 Å². The summed E-state index contributed by atoms with van der Waals surface area (Å²) >= 11 is 0. The summed E-state index contributed by atoms with van der Waals surface area (Å²) in [6.45, 7) is 0. The van der Waals surface area contributed by atoms with Crippen molar-refractivity contribution in [3.8, 4) is 11.5 Å². The molecule has 20 heavy (non-hydrogen) atoms. The predicted octanol–water partition coefficient (Wildman–Crippen LogP) is 3.27. The van der Waals surface area contributed by atoms with Gasteiger partial charge in [0.1, 0.15) is 17.3 Å². The maximum atomic E-state index is 13.8. The lowest BCUT2D eigenvalue weighted by molar-refractivity contribution is 0.0989. The van der Waals surface area contributed by atoms with Gasteiger partial charge in [-0.3, -0.25) is 4.79 Å². The summed E-state index contributed by atoms with van der Waals surface area (Å²) < 4.78 is 23.8. The maximum Gasteiger partial charge on any atom is 0.170 e. The molecule has 0 heterocycles. The summed E-state index contributed by atoms with van der Waals surface area (Å²) in [5, 5.41) is 0. The normalized spacial score (nSPS) is 10.2. The lowest BCUT2D eigenvalue weighted by Gasteiger charge is -2.06. The van der Waals surface area contributed by atoms with Crippen LogP contribution in [0, 0.1) is 5.82 Å². The molecule has 0 N–H and O–H groups in total. The number of Topliss-reactive ketones (excluding diaryl/α,β-unsaturated/α-hetero) is 1. The van der Waals surface area contributed by atoms with Gasteiger partial charge in [-0.2, -0.15) is 0 Å². The zero-order chi connectivity index (χ0) is 14.5. The molecule has 0 aromatic heterocycles. The fourth-order valence-electron chi connectivity index (χ4n) is 1.91. The third-order valence-electron chi connectivity index (χ3n) is 2.98. The Morgan fingerprint density at radius 2 is 1.75 bits per heavy atom. The van der Waals surface area contributed by atoms with Crippen LogP contribution in [0.4, 0.5) is 4.39 Å². The molecule has 0 radical (unpaired) electrons. The van der Waals surface area contributed by atoms with Crippen molar-refractivity contribution in [2.24, 2.45) is 0 Å². The molecule has 0 aliphatic carbocycles. The first kappa shape index (κ1) is 14.1. The Hall–Kier alpha value is -2.36. The van der Waals surface area contributed by atoms with E-state index in [0.29, 0.717) is 11.5 Å². The highest BCUT2D eigenvalue weighted by Gasteiger charge is 2.13. The van der Waals surface area contributed by atoms with Crippen LogP contribution in [0.1, 0.15) is 15.9 Å². The molecule has 3 nitrogen and oxygen atoms in total. The molecule has 2 aromatic rings. The Morgan fingerprint density at radius 3 is 2.40 bits per heavy atom. The topological polar surface area (TPSA) is 35.5 Å². The second kappa shape index (κ2) is 6.19. The number of methoxy groups -OCH3 is 2. The molecule has 0 saturated heterocycles. The van der Waals surface area contributed by atoms with Crippen molar-refractivity contribution in [1.29, 1.82) is 0 Å². The van der Waals surface area contributed by atoms with Crippen LogP contribution in [0.2, 0.25) is 0 Å². The van der Waals surface area contributed by atoms with E-state index in [0.717, 1.165) is 5.56 Å². The minimum atomic E-state index is -0.572. The SMILES string of the molecule is COc1cccc(CC(=O)c2ccc(OC)cc2F)c1. The van der Waals surface area contributed by atoms with Crippen molar-refractivity contribution in [1.82, 2.24) is 0 Å². The summed E-state index contributed by atoms with van der Waals surface area (Å²) in [5.74, 6) is 0.210. The molecule has 0 aliphatic heterocycles. The molecule has 0 atom stereocenters. The van der Waals surface area contributed by atoms with E-state index in [1.54, 1.807) is 31.4 Å². The monoisotopic (exact) mass is 274 g/mol. The fourth-order valence-corrected chi connectivity index (χ4v) is 1.91. The molecule has 104 valence electrons. The first-order valence-electron chi connectivity index (χ1n) is 6.13. The van der Waals surface area contributed by atoms with E-state index in [9.17, 15) is 9.18 Å². The molecule has 2 rings (SSSR count). The molecule has 4 heteroatoms. The van der Waals surface area contributed by atoms with Gasteiger partial charge in [0, 0.05) is 12.5 Å². The quantitative estimate of drug-likeness (QED) is 0.785. The van der Waals surface area contributed by atoms with Gasteiger partial charge in [0.25, 0.3) is 0 Å². The molecule has 0 amide bonds. The molecule has 0 spiro atoms. The van der Waals surface area contributed by atoms with Crippen molar-refractivity contribution in [2.75, 3.05) is 14.2 Å². The highest BCUT2D eigenvalue weighted by molar-refractivity contribution is 5.97. The minimum absolute atomic E-state index is 0.0635. The van der Waals surface area contributed by atoms with Crippen LogP contribution in [0.5, 0.6) is 11.5 Å². The molecular weight excluding hydrogens is 259 g/mol. The summed E-state index contributed by atoms with van der Waals surface area (Å²) in [7, 11) is 3.01. The van der Waals surface area contributed by atoms with Gasteiger partial charge < -0.3 is 9.47 Å². The van der Waals surface area contributed by atoms with E-state index in [1.165, 1.54) is 19.2 Å². The number of ketones is 1. The number of carbonyl (C=O) groups excluding carboxylic acids is 1. The van der Waals surface area contributed by atoms with Crippen LogP contribution < -0.4 is 9.47 Å². The molecule has 0 unspecified atom stereocenters. The van der Waals surface area contributed by atoms with Gasteiger partial charge in [-0.25, -0.2) is 4.39 Å². The number of carbonyl (C=O) groups is 1. The maximum absolute atomic E-state index is 13.8. The Kier molecular flexibility index (Phi) is 4.35. The zero-order valence-corrected chi connectivity index (χ0v) is 11.4. The van der Waals surface area contributed by atoms with Crippen LogP contribution in [0.15, 0.2) is 42.5 Å². The van der Waals surface area contributed by atoms with Crippen molar-refractivity contribution in [3.05, 3.63) is 59.4 Å². The van der Waals surface area contributed by atoms with Crippen molar-refractivity contribution in [3.63, 3.8) is 0 Å². The number of benzene rings is 2. The molecule has 0 bridgehead atoms. The van der Waals surface area contributed by atoms with E-state index in [-0.39, 0.29) is 17.8 Å². The number of hydrogen-bond acceptors (Lipinski definition) is 3. The number of rotatable bonds is 5. The van der Waals surface area contributed by atoms with E-state index in [4.69, 9.17) is 9.47 Å². The molecule has 2 aromatic carbocycles. The van der Waals surface area contributed by atoms with E-state index in [1.807, 2.05) is 6.07 Å². The third-order valence-corrected chi connectivity index (χ3v) is 2.98. The van der Waals surface area contributed by atoms with Gasteiger partial charge in [-0.15, -0.1) is 0 Å². The smallest absolute Gasteiger partial charge is 0.170 e. The van der Waals surface area contributed by atoms with Crippen molar-refractivity contribution < 1.29 is 18.7 Å². The van der Waals surface area contributed by atoms with Gasteiger partial charge in [-0.1, -0.05) is 12.1 Å². The Morgan fingerprint density at radius 1 is 1.05 bits per heavy atom. The first-order valence-corrected chi connectivity index (χ1v) is 6.13. The van der Waals surface area contributed by atoms with E-state index < -0.39 is 5.82 Å². The van der Waals surface area contributed by atoms with E-state index in [2.05, 4.69) is 0 Å². The molecule has 0 aliphatic rings. The predicted molar refractivity (Wildman–Crippen MR) is 74.0 cm³/mol. The van der Waals surface area contributed by atoms with Gasteiger partial charge >= 0.3 is 0 Å². The lowest BCUT2D eigenvalue weighted by atomic mass is 10.0. The van der Waals surface area contributed by atoms with Crippen molar-refractivity contribution in [2.45, 2.75) is 6.42 Å². The zero-order valence-electron chi connectivity index (χ0n) is 11.4. The second-order valence-corrected chi connectivity index (χ2v) is 4.30. The molecule has 0 saturated carbocycles. The Balaban J connectivity index is 2.19. The average Bonchev–Trinajstić information content (AvgIpc) is 2.47. The van der Waals surface area contributed by atoms with Crippen molar-refractivity contribution >= 4 is 5.78 Å². The standard InChI is InChI=1S/C16H15FO3/c1-19-12-5-3-4-11(8-12)9-16(18)14-7-6-13(20-2)10-15(14)17/h3-8,10H,9H2,1-2H3. The third kappa shape index (κ3) is 3.15. The van der Waals surface area contributed by atoms with Crippen LogP contribution in [-0.4, -0.2) is 20.0 Å². The van der Waals surface area contributed by atoms with Crippen LogP contribution in [0.25, 0.3) is 0 Å². The largest absolute Gasteiger partial charge is 0.497 e. The lowest BCUT2D eigenvalue weighted by Crippen LogP contribution is -2.06. The summed E-state index contributed by atoms with van der Waals surface area (Å²) in [6.07, 6.45) is 0.125. The van der Waals surface area contributed by atoms with Gasteiger partial charge in [-0.05, 0) is 29.8 Å². The van der Waals surface area contributed by atoms with E-state index >= 15 is 0 Å². The van der Waals surface area contributed by atoms with Crippen LogP contribution in [-0.2, 0) is 6.42 Å². The fraction of sp³-hybridized carbons (Fsp3) is 0.188. The second-order valence-electron chi connectivity index (χ2n) is 4.30. The first-order chi connectivity index (χ1) is 9.63. The highest BCUT2D eigenvalue weighted by Crippen LogP contribution is 2.19. The Bertz CT molecular complexity index is 623. The number of hydrogen-bond donors (Lipinski definition) is 0. The van der Waals surface area contributed by atoms with Crippen LogP contribution in [0.3, 0.4) is 0 Å². The number of ether oxygens (including phenoxy) is 2. The highest BCUT2D eigenvalue weighted by atomic mass is 19.1. The van der Waals surface area contributed by atoms with Gasteiger partial charge in [0.05, 0.1) is 19.8 Å². The van der Waals surface area contributed by atoms with Gasteiger partial charge in [0.15, 0.2) is 5.78 Å². The molecular formula is C16H15FO3.